The summed E-state index contributed by atoms with van der Waals surface area (Å²) in [5, 5.41) is 18.7. The highest BCUT2D eigenvalue weighted by Crippen LogP contribution is 2.25. The van der Waals surface area contributed by atoms with Crippen LogP contribution in [0.2, 0.25) is 0 Å². The summed E-state index contributed by atoms with van der Waals surface area (Å²) in [6.07, 6.45) is 1.67. The smallest absolute Gasteiger partial charge is 0.343 e. The van der Waals surface area contributed by atoms with Gasteiger partial charge in [0.1, 0.15) is 23.0 Å². The lowest BCUT2D eigenvalue weighted by atomic mass is 10.2. The molecule has 0 heterocycles. The van der Waals surface area contributed by atoms with Crippen molar-refractivity contribution in [2.75, 3.05) is 0 Å². The Kier molecular flexibility index (Phi) is 6.88. The molecule has 0 aliphatic heterocycles. The van der Waals surface area contributed by atoms with Crippen LogP contribution in [0.3, 0.4) is 0 Å². The SMILES string of the molecule is Cc1cc(N=Cc2ccc(OC(=O)c3ccc(O)cc3)cc2)ccc1OC(=O)c1ccc(O)cc1. The molecule has 7 nitrogen and oxygen atoms in total. The van der Waals surface area contributed by atoms with Crippen LogP contribution in [-0.2, 0) is 0 Å². The molecular weight excluding hydrogens is 446 g/mol. The molecule has 7 heteroatoms. The minimum absolute atomic E-state index is 0.0738. The van der Waals surface area contributed by atoms with Crippen LogP contribution < -0.4 is 9.47 Å². The number of esters is 2. The van der Waals surface area contributed by atoms with Crippen molar-refractivity contribution in [2.24, 2.45) is 4.99 Å². The Hall–Kier alpha value is -4.91. The second-order valence-corrected chi connectivity index (χ2v) is 7.65. The van der Waals surface area contributed by atoms with E-state index in [1.54, 1.807) is 48.7 Å². The van der Waals surface area contributed by atoms with Crippen LogP contribution in [-0.4, -0.2) is 28.4 Å². The van der Waals surface area contributed by atoms with Gasteiger partial charge < -0.3 is 19.7 Å². The van der Waals surface area contributed by atoms with E-state index >= 15 is 0 Å². The maximum absolute atomic E-state index is 12.3. The zero-order valence-electron chi connectivity index (χ0n) is 18.7. The van der Waals surface area contributed by atoms with Crippen LogP contribution in [0.5, 0.6) is 23.0 Å². The van der Waals surface area contributed by atoms with Gasteiger partial charge in [-0.25, -0.2) is 9.59 Å². The van der Waals surface area contributed by atoms with E-state index in [1.165, 1.54) is 48.5 Å². The molecule has 4 rings (SSSR count). The number of benzene rings is 4. The Morgan fingerprint density at radius 2 is 1.26 bits per heavy atom. The van der Waals surface area contributed by atoms with Gasteiger partial charge in [0.2, 0.25) is 0 Å². The van der Waals surface area contributed by atoms with E-state index < -0.39 is 11.9 Å². The number of hydrogen-bond acceptors (Lipinski definition) is 7. The van der Waals surface area contributed by atoms with Crippen LogP contribution in [0.4, 0.5) is 5.69 Å². The summed E-state index contributed by atoms with van der Waals surface area (Å²) in [5.41, 5.74) is 2.88. The zero-order chi connectivity index (χ0) is 24.8. The van der Waals surface area contributed by atoms with Gasteiger partial charge in [-0.05, 0) is 109 Å². The predicted molar refractivity (Wildman–Crippen MR) is 131 cm³/mol. The number of aliphatic imine (C=N–C) groups is 1. The average molecular weight is 467 g/mol. The highest BCUT2D eigenvalue weighted by Gasteiger charge is 2.11. The summed E-state index contributed by atoms with van der Waals surface area (Å²) in [6, 6.07) is 23.7. The first-order valence-electron chi connectivity index (χ1n) is 10.6. The lowest BCUT2D eigenvalue weighted by Gasteiger charge is -2.08. The van der Waals surface area contributed by atoms with Gasteiger partial charge in [0, 0.05) is 6.21 Å². The highest BCUT2D eigenvalue weighted by molar-refractivity contribution is 5.92. The van der Waals surface area contributed by atoms with Crippen molar-refractivity contribution in [1.82, 2.24) is 0 Å². The Bertz CT molecular complexity index is 1370. The Balaban J connectivity index is 1.37. The zero-order valence-corrected chi connectivity index (χ0v) is 18.7. The van der Waals surface area contributed by atoms with E-state index in [2.05, 4.69) is 4.99 Å². The van der Waals surface area contributed by atoms with Gasteiger partial charge in [-0.2, -0.15) is 0 Å². The van der Waals surface area contributed by atoms with E-state index in [9.17, 15) is 19.8 Å². The maximum atomic E-state index is 12.3. The standard InChI is InChI=1S/C28H21NO6/c1-18-16-22(8-15-26(18)35-28(33)21-6-11-24(31)12-7-21)29-17-19-2-13-25(14-3-19)34-27(32)20-4-9-23(30)10-5-20/h2-17,30-31H,1H3. The number of phenols is 2. The molecule has 0 bridgehead atoms. The molecule has 35 heavy (non-hydrogen) atoms. The lowest BCUT2D eigenvalue weighted by Crippen LogP contribution is -2.08. The number of nitrogens with zero attached hydrogens (tertiary/aromatic N) is 1. The second kappa shape index (κ2) is 10.4. The number of carbonyl (C=O) groups excluding carboxylic acids is 2. The molecule has 0 saturated heterocycles. The molecule has 174 valence electrons. The molecule has 4 aromatic carbocycles. The molecule has 0 amide bonds. The first kappa shape index (κ1) is 23.3. The number of carbonyl (C=O) groups is 2. The molecule has 0 aliphatic carbocycles. The maximum Gasteiger partial charge on any atom is 0.343 e. The molecule has 0 radical (unpaired) electrons. The Labute approximate surface area is 201 Å². The van der Waals surface area contributed by atoms with E-state index in [-0.39, 0.29) is 11.5 Å². The van der Waals surface area contributed by atoms with Crippen LogP contribution in [0.15, 0.2) is 96.0 Å². The first-order chi connectivity index (χ1) is 16.9. The van der Waals surface area contributed by atoms with Crippen LogP contribution in [0.1, 0.15) is 31.8 Å². The van der Waals surface area contributed by atoms with E-state index in [0.29, 0.717) is 28.3 Å². The van der Waals surface area contributed by atoms with E-state index in [1.807, 2.05) is 6.92 Å². The number of ether oxygens (including phenoxy) is 2. The van der Waals surface area contributed by atoms with Gasteiger partial charge in [-0.3, -0.25) is 4.99 Å². The van der Waals surface area contributed by atoms with Gasteiger partial charge >= 0.3 is 11.9 Å². The number of aryl methyl sites for hydroxylation is 1. The molecule has 4 aromatic rings. The Morgan fingerprint density at radius 3 is 1.80 bits per heavy atom. The average Bonchev–Trinajstić information content (AvgIpc) is 2.86. The van der Waals surface area contributed by atoms with Gasteiger partial charge in [-0.1, -0.05) is 0 Å². The quantitative estimate of drug-likeness (QED) is 0.217. The second-order valence-electron chi connectivity index (χ2n) is 7.65. The number of phenolic OH excluding ortho intramolecular Hbond substituents is 2. The Morgan fingerprint density at radius 1 is 0.714 bits per heavy atom. The largest absolute Gasteiger partial charge is 0.508 e. The number of rotatable bonds is 6. The van der Waals surface area contributed by atoms with Crippen molar-refractivity contribution >= 4 is 23.8 Å². The third-order valence-corrected chi connectivity index (χ3v) is 5.02. The van der Waals surface area contributed by atoms with E-state index in [4.69, 9.17) is 9.47 Å². The molecule has 0 aliphatic rings. The van der Waals surface area contributed by atoms with Gasteiger partial charge in [0.05, 0.1) is 16.8 Å². The van der Waals surface area contributed by atoms with Crippen LogP contribution in [0, 0.1) is 6.92 Å². The highest BCUT2D eigenvalue weighted by atomic mass is 16.5. The van der Waals surface area contributed by atoms with Crippen molar-refractivity contribution in [3.05, 3.63) is 113 Å². The normalized spacial score (nSPS) is 10.8. The summed E-state index contributed by atoms with van der Waals surface area (Å²) in [5.74, 6) is -0.0869. The third kappa shape index (κ3) is 6.11. The molecule has 0 saturated carbocycles. The van der Waals surface area contributed by atoms with Crippen molar-refractivity contribution in [3.8, 4) is 23.0 Å². The van der Waals surface area contributed by atoms with Crippen LogP contribution in [0.25, 0.3) is 0 Å². The first-order valence-corrected chi connectivity index (χ1v) is 10.6. The summed E-state index contributed by atoms with van der Waals surface area (Å²) < 4.78 is 10.8. The van der Waals surface area contributed by atoms with Gasteiger partial charge in [0.15, 0.2) is 0 Å². The molecular formula is C28H21NO6. The molecule has 0 atom stereocenters. The topological polar surface area (TPSA) is 105 Å². The van der Waals surface area contributed by atoms with Crippen molar-refractivity contribution in [2.45, 2.75) is 6.92 Å². The minimum atomic E-state index is -0.520. The molecule has 0 aromatic heterocycles. The minimum Gasteiger partial charge on any atom is -0.508 e. The fraction of sp³-hybridized carbons (Fsp3) is 0.0357. The fourth-order valence-electron chi connectivity index (χ4n) is 3.12. The van der Waals surface area contributed by atoms with Crippen molar-refractivity contribution in [3.63, 3.8) is 0 Å². The molecule has 0 fully saturated rings. The summed E-state index contributed by atoms with van der Waals surface area (Å²) >= 11 is 0. The van der Waals surface area contributed by atoms with Gasteiger partial charge in [-0.15, -0.1) is 0 Å². The van der Waals surface area contributed by atoms with Gasteiger partial charge in [0.25, 0.3) is 0 Å². The van der Waals surface area contributed by atoms with E-state index in [0.717, 1.165) is 11.1 Å². The monoisotopic (exact) mass is 467 g/mol. The number of aromatic hydroxyl groups is 2. The summed E-state index contributed by atoms with van der Waals surface area (Å²) in [7, 11) is 0. The molecule has 0 spiro atoms. The van der Waals surface area contributed by atoms with Crippen LogP contribution >= 0.6 is 0 Å². The summed E-state index contributed by atoms with van der Waals surface area (Å²) in [4.78, 5) is 28.9. The summed E-state index contributed by atoms with van der Waals surface area (Å²) in [6.45, 7) is 1.82. The number of hydrogen-bond donors (Lipinski definition) is 2. The third-order valence-electron chi connectivity index (χ3n) is 5.02. The lowest BCUT2D eigenvalue weighted by molar-refractivity contribution is 0.0724. The molecule has 0 unspecified atom stereocenters. The van der Waals surface area contributed by atoms with Crippen molar-refractivity contribution in [1.29, 1.82) is 0 Å². The van der Waals surface area contributed by atoms with Crippen molar-refractivity contribution < 1.29 is 29.3 Å². The molecule has 2 N–H and O–H groups in total. The predicted octanol–water partition coefficient (Wildman–Crippen LogP) is 5.60. The fourth-order valence-corrected chi connectivity index (χ4v) is 3.12.